The first-order valence-corrected chi connectivity index (χ1v) is 8.19. The van der Waals surface area contributed by atoms with Gasteiger partial charge >= 0.3 is 0 Å². The van der Waals surface area contributed by atoms with E-state index < -0.39 is 11.9 Å². The van der Waals surface area contributed by atoms with Crippen molar-refractivity contribution in [2.24, 2.45) is 11.5 Å². The Kier molecular flexibility index (Phi) is 5.49. The molecule has 0 spiro atoms. The van der Waals surface area contributed by atoms with Crippen molar-refractivity contribution < 1.29 is 9.59 Å². The summed E-state index contributed by atoms with van der Waals surface area (Å²) in [6.07, 6.45) is -0.135. The molecular weight excluding hydrogens is 306 g/mol. The van der Waals surface area contributed by atoms with Crippen molar-refractivity contribution in [2.45, 2.75) is 25.6 Å². The largest absolute Gasteiger partial charge is 0.370 e. The Hall–Kier alpha value is -1.70. The van der Waals surface area contributed by atoms with E-state index in [0.717, 1.165) is 9.75 Å². The standard InChI is InChI=1S/C14H17N3O2S2/c15-12(7-13(16)18)14(19)17(8-10-3-1-5-20-10)9-11-4-2-6-21-11/h1-6,12H,7-9,15H2,(H2,16,18). The lowest BCUT2D eigenvalue weighted by atomic mass is 10.2. The molecule has 7 heteroatoms. The first-order valence-electron chi connectivity index (χ1n) is 6.43. The molecule has 0 saturated carbocycles. The van der Waals surface area contributed by atoms with E-state index in [1.807, 2.05) is 35.0 Å². The molecule has 2 aromatic rings. The molecule has 0 radical (unpaired) electrons. The summed E-state index contributed by atoms with van der Waals surface area (Å²) in [5.74, 6) is -0.821. The van der Waals surface area contributed by atoms with Gasteiger partial charge in [0, 0.05) is 9.75 Å². The van der Waals surface area contributed by atoms with Gasteiger partial charge in [0.1, 0.15) is 0 Å². The van der Waals surface area contributed by atoms with Crippen LogP contribution in [0.5, 0.6) is 0 Å². The maximum atomic E-state index is 12.4. The summed E-state index contributed by atoms with van der Waals surface area (Å²) in [6.45, 7) is 0.974. The van der Waals surface area contributed by atoms with Gasteiger partial charge in [0.15, 0.2) is 0 Å². The van der Waals surface area contributed by atoms with E-state index in [1.54, 1.807) is 27.6 Å². The summed E-state index contributed by atoms with van der Waals surface area (Å²) in [4.78, 5) is 27.2. The minimum Gasteiger partial charge on any atom is -0.370 e. The van der Waals surface area contributed by atoms with Crippen LogP contribution in [0.3, 0.4) is 0 Å². The van der Waals surface area contributed by atoms with Crippen LogP contribution in [0.4, 0.5) is 0 Å². The van der Waals surface area contributed by atoms with Gasteiger partial charge in [-0.3, -0.25) is 9.59 Å². The first kappa shape index (κ1) is 15.7. The van der Waals surface area contributed by atoms with Gasteiger partial charge in [-0.05, 0) is 22.9 Å². The maximum Gasteiger partial charge on any atom is 0.240 e. The average Bonchev–Trinajstić information content (AvgIpc) is 3.09. The zero-order chi connectivity index (χ0) is 15.2. The van der Waals surface area contributed by atoms with E-state index >= 15 is 0 Å². The average molecular weight is 323 g/mol. The molecule has 2 rings (SSSR count). The molecule has 5 nitrogen and oxygen atoms in total. The topological polar surface area (TPSA) is 89.4 Å². The number of amides is 2. The Balaban J connectivity index is 2.10. The number of hydrogen-bond acceptors (Lipinski definition) is 5. The Morgan fingerprint density at radius 2 is 1.62 bits per heavy atom. The number of thiophene rings is 2. The van der Waals surface area contributed by atoms with Crippen molar-refractivity contribution in [1.82, 2.24) is 4.90 Å². The second kappa shape index (κ2) is 7.35. The normalized spacial score (nSPS) is 12.0. The van der Waals surface area contributed by atoms with Crippen LogP contribution in [-0.2, 0) is 22.7 Å². The Labute approximate surface area is 131 Å². The molecule has 0 bridgehead atoms. The quantitative estimate of drug-likeness (QED) is 0.810. The molecule has 112 valence electrons. The summed E-state index contributed by atoms with van der Waals surface area (Å²) in [5, 5.41) is 3.93. The first-order chi connectivity index (χ1) is 10.1. The second-order valence-electron chi connectivity index (χ2n) is 4.63. The smallest absolute Gasteiger partial charge is 0.240 e. The van der Waals surface area contributed by atoms with Crippen LogP contribution >= 0.6 is 22.7 Å². The van der Waals surface area contributed by atoms with Gasteiger partial charge in [0.25, 0.3) is 0 Å². The molecule has 2 amide bonds. The molecule has 1 atom stereocenters. The van der Waals surface area contributed by atoms with Crippen LogP contribution in [0.2, 0.25) is 0 Å². The molecule has 21 heavy (non-hydrogen) atoms. The Morgan fingerprint density at radius 3 is 2.00 bits per heavy atom. The molecular formula is C14H17N3O2S2. The second-order valence-corrected chi connectivity index (χ2v) is 6.69. The number of carbonyl (C=O) groups is 2. The Morgan fingerprint density at radius 1 is 1.10 bits per heavy atom. The number of rotatable bonds is 7. The molecule has 0 aliphatic carbocycles. The zero-order valence-corrected chi connectivity index (χ0v) is 13.0. The van der Waals surface area contributed by atoms with Gasteiger partial charge in [-0.1, -0.05) is 12.1 Å². The van der Waals surface area contributed by atoms with Gasteiger partial charge in [-0.25, -0.2) is 0 Å². The summed E-state index contributed by atoms with van der Waals surface area (Å²) in [5.41, 5.74) is 10.9. The molecule has 0 saturated heterocycles. The van der Waals surface area contributed by atoms with Crippen LogP contribution in [0.15, 0.2) is 35.0 Å². The van der Waals surface area contributed by atoms with Crippen LogP contribution in [0.1, 0.15) is 16.2 Å². The van der Waals surface area contributed by atoms with Crippen molar-refractivity contribution in [3.8, 4) is 0 Å². The fourth-order valence-corrected chi connectivity index (χ4v) is 3.37. The van der Waals surface area contributed by atoms with Gasteiger partial charge < -0.3 is 16.4 Å². The molecule has 4 N–H and O–H groups in total. The number of hydrogen-bond donors (Lipinski definition) is 2. The number of carbonyl (C=O) groups excluding carboxylic acids is 2. The third-order valence-corrected chi connectivity index (χ3v) is 4.63. The van der Waals surface area contributed by atoms with E-state index in [9.17, 15) is 9.59 Å². The molecule has 2 heterocycles. The highest BCUT2D eigenvalue weighted by Crippen LogP contribution is 2.18. The monoisotopic (exact) mass is 323 g/mol. The van der Waals surface area contributed by atoms with Gasteiger partial charge in [-0.15, -0.1) is 22.7 Å². The van der Waals surface area contributed by atoms with E-state index in [1.165, 1.54) is 0 Å². The SMILES string of the molecule is NC(=O)CC(N)C(=O)N(Cc1cccs1)Cc1cccs1. The summed E-state index contributed by atoms with van der Waals surface area (Å²) < 4.78 is 0. The lowest BCUT2D eigenvalue weighted by Crippen LogP contribution is -2.44. The number of nitrogens with zero attached hydrogens (tertiary/aromatic N) is 1. The number of nitrogens with two attached hydrogens (primary N) is 2. The van der Waals surface area contributed by atoms with Crippen molar-refractivity contribution >= 4 is 34.5 Å². The van der Waals surface area contributed by atoms with E-state index in [-0.39, 0.29) is 12.3 Å². The minimum absolute atomic E-state index is 0.135. The summed E-state index contributed by atoms with van der Waals surface area (Å²) in [6, 6.07) is 6.94. The molecule has 0 fully saturated rings. The minimum atomic E-state index is -0.887. The molecule has 1 unspecified atom stereocenters. The Bertz CT molecular complexity index is 545. The van der Waals surface area contributed by atoms with Crippen molar-refractivity contribution in [3.63, 3.8) is 0 Å². The van der Waals surface area contributed by atoms with Gasteiger partial charge in [0.05, 0.1) is 25.6 Å². The summed E-state index contributed by atoms with van der Waals surface area (Å²) in [7, 11) is 0. The maximum absolute atomic E-state index is 12.4. The van der Waals surface area contributed by atoms with Crippen LogP contribution in [-0.4, -0.2) is 22.8 Å². The zero-order valence-electron chi connectivity index (χ0n) is 11.4. The van der Waals surface area contributed by atoms with Crippen molar-refractivity contribution in [2.75, 3.05) is 0 Å². The lowest BCUT2D eigenvalue weighted by molar-refractivity contribution is -0.135. The predicted molar refractivity (Wildman–Crippen MR) is 84.7 cm³/mol. The molecule has 0 aromatic carbocycles. The van der Waals surface area contributed by atoms with Crippen LogP contribution in [0, 0.1) is 0 Å². The fraction of sp³-hybridized carbons (Fsp3) is 0.286. The lowest BCUT2D eigenvalue weighted by Gasteiger charge is -2.24. The highest BCUT2D eigenvalue weighted by molar-refractivity contribution is 7.10. The van der Waals surface area contributed by atoms with Crippen LogP contribution in [0.25, 0.3) is 0 Å². The predicted octanol–water partition coefficient (Wildman–Crippen LogP) is 1.54. The van der Waals surface area contributed by atoms with E-state index in [0.29, 0.717) is 13.1 Å². The molecule has 0 aliphatic rings. The van der Waals surface area contributed by atoms with Crippen LogP contribution < -0.4 is 11.5 Å². The van der Waals surface area contributed by atoms with Crippen molar-refractivity contribution in [1.29, 1.82) is 0 Å². The number of primary amides is 1. The highest BCUT2D eigenvalue weighted by Gasteiger charge is 2.23. The highest BCUT2D eigenvalue weighted by atomic mass is 32.1. The van der Waals surface area contributed by atoms with Gasteiger partial charge in [0.2, 0.25) is 11.8 Å². The van der Waals surface area contributed by atoms with Gasteiger partial charge in [-0.2, -0.15) is 0 Å². The third-order valence-electron chi connectivity index (χ3n) is 2.90. The third kappa shape index (κ3) is 4.66. The van der Waals surface area contributed by atoms with Crippen molar-refractivity contribution in [3.05, 3.63) is 44.8 Å². The van der Waals surface area contributed by atoms with E-state index in [4.69, 9.17) is 11.5 Å². The molecule has 2 aromatic heterocycles. The van der Waals surface area contributed by atoms with E-state index in [2.05, 4.69) is 0 Å². The fourth-order valence-electron chi connectivity index (χ4n) is 1.93. The molecule has 0 aliphatic heterocycles. The summed E-state index contributed by atoms with van der Waals surface area (Å²) >= 11 is 3.17.